The Kier molecular flexibility index (Phi) is 23.1. The van der Waals surface area contributed by atoms with Gasteiger partial charge in [-0.25, -0.2) is 0 Å². The second-order valence-electron chi connectivity index (χ2n) is 20.9. The first-order valence-electron chi connectivity index (χ1n) is 27.7. The first-order chi connectivity index (χ1) is 39.3. The van der Waals surface area contributed by atoms with Crippen LogP contribution in [-0.2, 0) is 62.4 Å². The molecule has 9 amide bonds. The summed E-state index contributed by atoms with van der Waals surface area (Å²) in [6.45, 7) is 3.41. The van der Waals surface area contributed by atoms with Crippen molar-refractivity contribution in [3.05, 3.63) is 107 Å². The van der Waals surface area contributed by atoms with E-state index < -0.39 is 102 Å². The molecule has 0 radical (unpaired) electrons. The largest absolute Gasteiger partial charge is 0.370 e. The van der Waals surface area contributed by atoms with Gasteiger partial charge in [0, 0.05) is 63.0 Å². The van der Waals surface area contributed by atoms with Gasteiger partial charge in [-0.2, -0.15) is 0 Å². The van der Waals surface area contributed by atoms with Crippen molar-refractivity contribution in [3.63, 3.8) is 0 Å². The lowest BCUT2D eigenvalue weighted by atomic mass is 9.94. The Hall–Kier alpha value is -9.03. The van der Waals surface area contributed by atoms with E-state index in [9.17, 15) is 33.6 Å². The van der Waals surface area contributed by atoms with E-state index in [0.29, 0.717) is 17.5 Å². The molecule has 2 fully saturated rings. The Bertz CT molecular complexity index is 2960. The molecule has 25 nitrogen and oxygen atoms in total. The number of nitrogens with one attached hydrogen (secondary N) is 8. The van der Waals surface area contributed by atoms with E-state index >= 15 is 9.59 Å². The van der Waals surface area contributed by atoms with Crippen molar-refractivity contribution < 1.29 is 43.2 Å². The number of aromatic amines is 1. The number of hydrogen-bond donors (Lipinski definition) is 13. The molecule has 440 valence electrons. The number of benzene rings is 3. The minimum atomic E-state index is -1.58. The molecule has 8 atom stereocenters. The van der Waals surface area contributed by atoms with Crippen molar-refractivity contribution in [1.82, 2.24) is 47.1 Å². The number of nitrogens with zero attached hydrogens (tertiary/aromatic N) is 3. The topological polar surface area (TPSA) is 412 Å². The van der Waals surface area contributed by atoms with Gasteiger partial charge in [-0.3, -0.25) is 53.1 Å². The highest BCUT2D eigenvalue weighted by Crippen LogP contribution is 2.29. The average molecular weight is 1130 g/mol. The molecule has 1 aromatic heterocycles. The zero-order valence-electron chi connectivity index (χ0n) is 46.4. The highest BCUT2D eigenvalue weighted by molar-refractivity contribution is 5.99. The number of fused-ring (bicyclic) bond motifs is 2. The highest BCUT2D eigenvalue weighted by atomic mass is 16.2. The van der Waals surface area contributed by atoms with Gasteiger partial charge in [-0.05, 0) is 98.9 Å². The van der Waals surface area contributed by atoms with Crippen LogP contribution in [0.15, 0.2) is 95.0 Å². The predicted molar refractivity (Wildman–Crippen MR) is 308 cm³/mol. The van der Waals surface area contributed by atoms with Crippen molar-refractivity contribution in [1.29, 1.82) is 0 Å². The number of nitrogens with two attached hydrogens (primary N) is 5. The number of aromatic nitrogens is 1. The Morgan fingerprint density at radius 3 is 2.05 bits per heavy atom. The Morgan fingerprint density at radius 1 is 0.707 bits per heavy atom. The van der Waals surface area contributed by atoms with Crippen LogP contribution in [0, 0.1) is 12.8 Å². The fourth-order valence-corrected chi connectivity index (χ4v) is 10.3. The predicted octanol–water partition coefficient (Wildman–Crippen LogP) is -1.07. The van der Waals surface area contributed by atoms with Crippen molar-refractivity contribution in [3.8, 4) is 0 Å². The standard InChI is InChI=1S/C57H78N16O9/c1-33-14-6-7-17-37(33)26-36-28-47-54(81)71-44(27-35-15-4-3-5-16-35)52(79)69-43(22-13-25-65-57(61)62)51(78)70-45(29-38-31-66-40-19-9-8-18-39(38)40)53(80)68-41(49(58)76)20-10-11-23-63-48(75)30-46(55(82)73(47)32-36)72-50(77)42(67-34(2)74)21-12-24-64-56(59)60/h3-9,14-19,31,36,41-47,66H,10-13,20-30,32H2,1-2H3,(H2,58,76)(H,63,75)(H,67,74)(H,68,80)(H,69,79)(H,70,78)(H,71,81)(H,72,77)(H4,59,60,64)(H4,61,62,65)/t36-,41+,42+,43+,44-,45+,46+,47+/m1/s1. The molecule has 0 aliphatic carbocycles. The van der Waals surface area contributed by atoms with Crippen LogP contribution in [0.1, 0.15) is 87.0 Å². The van der Waals surface area contributed by atoms with Gasteiger partial charge in [0.05, 0.1) is 6.42 Å². The van der Waals surface area contributed by atoms with Gasteiger partial charge in [0.15, 0.2) is 11.9 Å². The summed E-state index contributed by atoms with van der Waals surface area (Å²) >= 11 is 0. The molecular formula is C57H78N16O9. The van der Waals surface area contributed by atoms with E-state index in [0.717, 1.165) is 22.0 Å². The number of carbonyl (C=O) groups is 9. The van der Waals surface area contributed by atoms with Gasteiger partial charge in [0.2, 0.25) is 53.2 Å². The number of carbonyl (C=O) groups excluding carboxylic acids is 9. The van der Waals surface area contributed by atoms with Gasteiger partial charge in [0.25, 0.3) is 0 Å². The van der Waals surface area contributed by atoms with Gasteiger partial charge in [-0.1, -0.05) is 72.8 Å². The van der Waals surface area contributed by atoms with E-state index in [2.05, 4.69) is 52.2 Å². The number of rotatable bonds is 18. The maximum Gasteiger partial charge on any atom is 0.246 e. The van der Waals surface area contributed by atoms with Crippen LogP contribution in [0.3, 0.4) is 0 Å². The van der Waals surface area contributed by atoms with Gasteiger partial charge in [-0.15, -0.1) is 0 Å². The number of aliphatic imine (C=N–C) groups is 2. The van der Waals surface area contributed by atoms with Crippen molar-refractivity contribution in [2.24, 2.45) is 44.6 Å². The summed E-state index contributed by atoms with van der Waals surface area (Å²) in [6.07, 6.45) is 2.51. The summed E-state index contributed by atoms with van der Waals surface area (Å²) in [5.41, 5.74) is 32.1. The number of amides is 9. The number of primary amides is 1. The molecule has 3 aromatic carbocycles. The number of aryl methyl sites for hydroxylation is 1. The normalized spacial score (nSPS) is 22.0. The van der Waals surface area contributed by atoms with E-state index in [1.165, 1.54) is 11.8 Å². The maximum atomic E-state index is 15.3. The van der Waals surface area contributed by atoms with E-state index in [4.69, 9.17) is 28.7 Å². The SMILES string of the molecule is CC(=O)N[C@@H](CCCN=C(N)N)C(=O)N[C@H]1CC(=O)NCCCC[C@@H](C(N)=O)NC(=O)[C@H](Cc2c[nH]c3ccccc23)NC(=O)[C@H](CCCN=C(N)N)NC(=O)[C@@H](Cc2ccccc2)NC(=O)[C@@H]2C[C@@H](Cc3ccccc3C)CN2C1=O. The van der Waals surface area contributed by atoms with Gasteiger partial charge in [0.1, 0.15) is 42.3 Å². The zero-order valence-corrected chi connectivity index (χ0v) is 46.4. The van der Waals surface area contributed by atoms with Crippen molar-refractivity contribution in [2.45, 2.75) is 133 Å². The molecule has 4 aromatic rings. The third-order valence-electron chi connectivity index (χ3n) is 14.5. The molecule has 0 spiro atoms. The minimum Gasteiger partial charge on any atom is -0.370 e. The quantitative estimate of drug-likeness (QED) is 0.0321. The molecule has 82 heavy (non-hydrogen) atoms. The molecule has 0 unspecified atom stereocenters. The Morgan fingerprint density at radius 2 is 1.34 bits per heavy atom. The number of H-pyrrole nitrogens is 1. The summed E-state index contributed by atoms with van der Waals surface area (Å²) in [4.78, 5) is 141. The van der Waals surface area contributed by atoms with Crippen LogP contribution in [-0.4, -0.2) is 143 Å². The third kappa shape index (κ3) is 18.8. The Labute approximate surface area is 475 Å². The van der Waals surface area contributed by atoms with Gasteiger partial charge < -0.3 is 75.8 Å². The number of guanidine groups is 2. The van der Waals surface area contributed by atoms with E-state index in [1.54, 1.807) is 36.5 Å². The van der Waals surface area contributed by atoms with Gasteiger partial charge >= 0.3 is 0 Å². The molecule has 0 bridgehead atoms. The smallest absolute Gasteiger partial charge is 0.246 e. The molecule has 18 N–H and O–H groups in total. The molecule has 25 heteroatoms. The Balaban J connectivity index is 1.41. The fourth-order valence-electron chi connectivity index (χ4n) is 10.3. The monoisotopic (exact) mass is 1130 g/mol. The molecule has 2 saturated heterocycles. The molecular weight excluding hydrogens is 1050 g/mol. The second-order valence-corrected chi connectivity index (χ2v) is 20.9. The lowest BCUT2D eigenvalue weighted by Crippen LogP contribution is -2.60. The van der Waals surface area contributed by atoms with Crippen LogP contribution in [0.25, 0.3) is 10.9 Å². The average Bonchev–Trinajstić information content (AvgIpc) is 4.20. The number of hydrogen-bond acceptors (Lipinski definition) is 11. The maximum absolute atomic E-state index is 15.3. The molecule has 6 rings (SSSR count). The zero-order chi connectivity index (χ0) is 59.3. The van der Waals surface area contributed by atoms with Crippen LogP contribution >= 0.6 is 0 Å². The van der Waals surface area contributed by atoms with Crippen LogP contribution in [0.4, 0.5) is 0 Å². The molecule has 0 saturated carbocycles. The van der Waals surface area contributed by atoms with Crippen LogP contribution < -0.4 is 65.9 Å². The lowest BCUT2D eigenvalue weighted by Gasteiger charge is -2.31. The molecule has 2 aliphatic heterocycles. The summed E-state index contributed by atoms with van der Waals surface area (Å²) in [5, 5.41) is 20.1. The summed E-state index contributed by atoms with van der Waals surface area (Å²) in [5.74, 6) is -7.36. The summed E-state index contributed by atoms with van der Waals surface area (Å²) in [7, 11) is 0. The van der Waals surface area contributed by atoms with E-state index in [1.807, 2.05) is 55.5 Å². The van der Waals surface area contributed by atoms with E-state index in [-0.39, 0.29) is 108 Å². The third-order valence-corrected chi connectivity index (χ3v) is 14.5. The first-order valence-corrected chi connectivity index (χ1v) is 27.7. The molecule has 2 aliphatic rings. The summed E-state index contributed by atoms with van der Waals surface area (Å²) in [6, 6.07) is 14.6. The minimum absolute atomic E-state index is 0.00791. The highest BCUT2D eigenvalue weighted by Gasteiger charge is 2.44. The van der Waals surface area contributed by atoms with Crippen LogP contribution in [0.2, 0.25) is 0 Å². The molecule has 3 heterocycles. The second kappa shape index (κ2) is 30.5. The lowest BCUT2D eigenvalue weighted by molar-refractivity contribution is -0.143. The van der Waals surface area contributed by atoms with Crippen LogP contribution in [0.5, 0.6) is 0 Å². The summed E-state index contributed by atoms with van der Waals surface area (Å²) < 4.78 is 0. The van der Waals surface area contributed by atoms with Crippen molar-refractivity contribution in [2.75, 3.05) is 26.2 Å². The first kappa shape index (κ1) is 62.2. The number of para-hydroxylation sites is 1. The van der Waals surface area contributed by atoms with Crippen molar-refractivity contribution >= 4 is 76.0 Å². The fraction of sp³-hybridized carbons (Fsp3) is 0.456.